The zero-order valence-electron chi connectivity index (χ0n) is 26.8. The van der Waals surface area contributed by atoms with Crippen LogP contribution in [0.5, 0.6) is 23.0 Å². The molecule has 48 heavy (non-hydrogen) atoms. The highest BCUT2D eigenvalue weighted by atomic mass is 35.5. The number of aromatic hydroxyl groups is 1. The van der Waals surface area contributed by atoms with Gasteiger partial charge in [-0.3, -0.25) is 14.4 Å². The smallest absolute Gasteiger partial charge is 0.231 e. The van der Waals surface area contributed by atoms with Crippen LogP contribution in [0.15, 0.2) is 71.0 Å². The summed E-state index contributed by atoms with van der Waals surface area (Å²) in [5.74, 6) is -3.04. The van der Waals surface area contributed by atoms with Gasteiger partial charge in [-0.15, -0.1) is 11.8 Å². The number of phenolic OH excluding ortho intramolecular Hbond substituents is 1. The third-order valence-corrected chi connectivity index (χ3v) is 10.3. The molecule has 1 aliphatic heterocycles. The van der Waals surface area contributed by atoms with Crippen LogP contribution in [-0.2, 0) is 16.0 Å². The highest BCUT2D eigenvalue weighted by Gasteiger charge is 2.61. The van der Waals surface area contributed by atoms with Crippen molar-refractivity contribution in [1.29, 1.82) is 0 Å². The van der Waals surface area contributed by atoms with Gasteiger partial charge in [0, 0.05) is 64.9 Å². The van der Waals surface area contributed by atoms with E-state index in [1.54, 1.807) is 36.9 Å². The van der Waals surface area contributed by atoms with Gasteiger partial charge in [-0.1, -0.05) is 30.7 Å². The van der Waals surface area contributed by atoms with E-state index in [9.17, 15) is 24.6 Å². The second kappa shape index (κ2) is 13.1. The summed E-state index contributed by atoms with van der Waals surface area (Å²) in [5.41, 5.74) is 0.424. The van der Waals surface area contributed by atoms with Gasteiger partial charge >= 0.3 is 0 Å². The van der Waals surface area contributed by atoms with Gasteiger partial charge in [-0.05, 0) is 54.1 Å². The second-order valence-corrected chi connectivity index (χ2v) is 13.2. The number of allylic oxidation sites excluding steroid dienone is 1. The van der Waals surface area contributed by atoms with Crippen LogP contribution < -0.4 is 19.5 Å². The minimum atomic E-state index is -1.97. The number of carbonyl (C=O) groups is 3. The van der Waals surface area contributed by atoms with Crippen LogP contribution in [0.2, 0.25) is 5.02 Å². The average molecular weight is 691 g/mol. The van der Waals surface area contributed by atoms with Crippen molar-refractivity contribution in [1.82, 2.24) is 10.3 Å². The van der Waals surface area contributed by atoms with Crippen molar-refractivity contribution < 1.29 is 38.8 Å². The lowest BCUT2D eigenvalue weighted by Crippen LogP contribution is -2.53. The number of aliphatic hydroxyl groups is 1. The Bertz CT molecular complexity index is 1970. The molecule has 3 aromatic carbocycles. The monoisotopic (exact) mass is 690 g/mol. The number of fused-ring (bicyclic) bond motifs is 2. The highest BCUT2D eigenvalue weighted by Crippen LogP contribution is 2.55. The third kappa shape index (κ3) is 5.54. The van der Waals surface area contributed by atoms with E-state index < -0.39 is 29.0 Å². The molecule has 2 heterocycles. The standard InChI is InChI=1S/C36H35ClN2O8S/c1-18-13-26(41)30(34(43)36(18)35(44)31-27(45-2)16-28(46-3)32(37)33(31)47-36)24(19-5-8-22(48-4)9-6-19)15-29(42)38-12-11-20-17-39-25-10-7-21(40)14-23(20)25/h5-10,14,16-18,24,39-40,43H,11-13,15H2,1-4H3,(H,38,42)/t18-,24?,36+/m1/s1. The number of phenols is 1. The number of halogens is 1. The fourth-order valence-corrected chi connectivity index (χ4v) is 7.40. The fourth-order valence-electron chi connectivity index (χ4n) is 6.73. The van der Waals surface area contributed by atoms with E-state index in [0.717, 1.165) is 21.4 Å². The van der Waals surface area contributed by atoms with Crippen molar-refractivity contribution in [2.24, 2.45) is 5.92 Å². The Balaban J connectivity index is 1.36. The zero-order chi connectivity index (χ0) is 34.3. The summed E-state index contributed by atoms with van der Waals surface area (Å²) >= 11 is 8.14. The largest absolute Gasteiger partial charge is 0.508 e. The number of rotatable bonds is 10. The first-order chi connectivity index (χ1) is 23.0. The number of carbonyl (C=O) groups excluding carboxylic acids is 3. The van der Waals surface area contributed by atoms with Crippen molar-refractivity contribution >= 4 is 51.7 Å². The number of aromatic amines is 1. The Hall–Kier alpha value is -4.61. The molecule has 12 heteroatoms. The fraction of sp³-hybridized carbons (Fsp3) is 0.306. The van der Waals surface area contributed by atoms with E-state index in [4.69, 9.17) is 25.8 Å². The first kappa shape index (κ1) is 33.3. The SMILES string of the molecule is COc1cc(OC)c2c(c1Cl)O[C@]1(C2=O)C(O)=C(C(CC(=O)NCCc2c[nH]c3ccc(O)cc23)c2ccc(SC)cc2)C(=O)C[C@H]1C. The molecule has 4 N–H and O–H groups in total. The maximum atomic E-state index is 14.3. The van der Waals surface area contributed by atoms with Gasteiger partial charge in [0.15, 0.2) is 17.3 Å². The molecule has 1 aromatic heterocycles. The number of hydrogen-bond acceptors (Lipinski definition) is 9. The van der Waals surface area contributed by atoms with Crippen LogP contribution in [0.25, 0.3) is 10.9 Å². The first-order valence-corrected chi connectivity index (χ1v) is 17.0. The number of amides is 1. The van der Waals surface area contributed by atoms with Gasteiger partial charge in [0.1, 0.15) is 27.8 Å². The lowest BCUT2D eigenvalue weighted by Gasteiger charge is -2.38. The maximum Gasteiger partial charge on any atom is 0.231 e. The number of H-pyrrole nitrogens is 1. The van der Waals surface area contributed by atoms with Gasteiger partial charge in [0.25, 0.3) is 0 Å². The summed E-state index contributed by atoms with van der Waals surface area (Å²) in [6, 6.07) is 13.9. The molecule has 0 saturated heterocycles. The van der Waals surface area contributed by atoms with Crippen LogP contribution in [0.1, 0.15) is 47.2 Å². The lowest BCUT2D eigenvalue weighted by atomic mass is 9.69. The summed E-state index contributed by atoms with van der Waals surface area (Å²) in [5, 5.41) is 25.9. The van der Waals surface area contributed by atoms with Gasteiger partial charge in [0.2, 0.25) is 17.3 Å². The Morgan fingerprint density at radius 1 is 1.12 bits per heavy atom. The molecule has 1 amide bonds. The lowest BCUT2D eigenvalue weighted by molar-refractivity contribution is -0.121. The number of thioether (sulfide) groups is 1. The topological polar surface area (TPSA) is 147 Å². The van der Waals surface area contributed by atoms with Crippen LogP contribution in [0, 0.1) is 5.92 Å². The number of aliphatic hydroxyl groups excluding tert-OH is 1. The van der Waals surface area contributed by atoms with Crippen molar-refractivity contribution in [3.63, 3.8) is 0 Å². The van der Waals surface area contributed by atoms with E-state index in [0.29, 0.717) is 12.0 Å². The zero-order valence-corrected chi connectivity index (χ0v) is 28.4. The van der Waals surface area contributed by atoms with Crippen LogP contribution >= 0.6 is 23.4 Å². The quantitative estimate of drug-likeness (QED) is 0.136. The summed E-state index contributed by atoms with van der Waals surface area (Å²) in [4.78, 5) is 45.8. The summed E-state index contributed by atoms with van der Waals surface area (Å²) < 4.78 is 17.2. The molecule has 10 nitrogen and oxygen atoms in total. The summed E-state index contributed by atoms with van der Waals surface area (Å²) in [7, 11) is 2.81. The van der Waals surface area contributed by atoms with Gasteiger partial charge < -0.3 is 34.7 Å². The number of hydrogen-bond donors (Lipinski definition) is 4. The third-order valence-electron chi connectivity index (χ3n) is 9.24. The summed E-state index contributed by atoms with van der Waals surface area (Å²) in [6.45, 7) is 1.95. The van der Waals surface area contributed by atoms with E-state index in [-0.39, 0.29) is 70.2 Å². The van der Waals surface area contributed by atoms with Crippen LogP contribution in [0.4, 0.5) is 0 Å². The predicted octanol–water partition coefficient (Wildman–Crippen LogP) is 6.53. The molecule has 4 aromatic rings. The summed E-state index contributed by atoms with van der Waals surface area (Å²) in [6.07, 6.45) is 3.97. The predicted molar refractivity (Wildman–Crippen MR) is 183 cm³/mol. The van der Waals surface area contributed by atoms with Crippen molar-refractivity contribution in [2.75, 3.05) is 27.0 Å². The minimum absolute atomic E-state index is 0.00539. The molecule has 0 radical (unpaired) electrons. The number of benzene rings is 3. The molecule has 250 valence electrons. The van der Waals surface area contributed by atoms with Crippen molar-refractivity contribution in [3.05, 3.63) is 87.8 Å². The highest BCUT2D eigenvalue weighted by molar-refractivity contribution is 7.98. The molecule has 0 bridgehead atoms. The molecular weight excluding hydrogens is 656 g/mol. The molecule has 0 saturated carbocycles. The molecule has 1 unspecified atom stereocenters. The Morgan fingerprint density at radius 2 is 1.85 bits per heavy atom. The van der Waals surface area contributed by atoms with Gasteiger partial charge in [-0.2, -0.15) is 0 Å². The molecule has 1 spiro atoms. The number of ether oxygens (including phenoxy) is 3. The van der Waals surface area contributed by atoms with Crippen molar-refractivity contribution in [3.8, 4) is 23.0 Å². The molecule has 3 atom stereocenters. The van der Waals surface area contributed by atoms with Crippen LogP contribution in [0.3, 0.4) is 0 Å². The maximum absolute atomic E-state index is 14.3. The molecular formula is C36H35ClN2O8S. The number of Topliss-reactive ketones (excluding diaryl/α,β-unsaturated/α-hetero) is 2. The van der Waals surface area contributed by atoms with Gasteiger partial charge in [-0.25, -0.2) is 0 Å². The first-order valence-electron chi connectivity index (χ1n) is 15.4. The Morgan fingerprint density at radius 3 is 2.54 bits per heavy atom. The number of ketones is 2. The van der Waals surface area contributed by atoms with Crippen LogP contribution in [-0.4, -0.2) is 65.3 Å². The Kier molecular flexibility index (Phi) is 9.10. The molecule has 6 rings (SSSR count). The minimum Gasteiger partial charge on any atom is -0.508 e. The Labute approximate surface area is 286 Å². The van der Waals surface area contributed by atoms with Crippen molar-refractivity contribution in [2.45, 2.75) is 42.6 Å². The number of aromatic nitrogens is 1. The molecule has 0 fully saturated rings. The van der Waals surface area contributed by atoms with E-state index in [1.807, 2.05) is 36.7 Å². The molecule has 1 aliphatic carbocycles. The number of methoxy groups -OCH3 is 2. The second-order valence-electron chi connectivity index (χ2n) is 11.9. The normalized spacial score (nSPS) is 19.4. The van der Waals surface area contributed by atoms with E-state index in [1.165, 1.54) is 20.3 Å². The van der Waals surface area contributed by atoms with Gasteiger partial charge in [0.05, 0.1) is 14.2 Å². The van der Waals surface area contributed by atoms with E-state index in [2.05, 4.69) is 10.3 Å². The van der Waals surface area contributed by atoms with E-state index >= 15 is 0 Å². The number of nitrogens with one attached hydrogen (secondary N) is 2. The average Bonchev–Trinajstić information content (AvgIpc) is 3.62. The molecule has 2 aliphatic rings.